The van der Waals surface area contributed by atoms with Crippen LogP contribution in [0.3, 0.4) is 0 Å². The SMILES string of the molecule is N[C@@H](CCC(=O)O)C(=O)N[C@@H](Cc1ccc(O)cc1)C(=O)N[C@@H](CC(=O)O)C(=O)O. The molecule has 12 nitrogen and oxygen atoms in total. The second-order valence-corrected chi connectivity index (χ2v) is 6.47. The highest BCUT2D eigenvalue weighted by Crippen LogP contribution is 2.12. The Balaban J connectivity index is 2.97. The highest BCUT2D eigenvalue weighted by atomic mass is 16.4. The molecule has 0 saturated heterocycles. The average molecular weight is 425 g/mol. The van der Waals surface area contributed by atoms with E-state index in [1.165, 1.54) is 24.3 Å². The number of rotatable bonds is 12. The van der Waals surface area contributed by atoms with Gasteiger partial charge in [-0.2, -0.15) is 0 Å². The maximum atomic E-state index is 12.6. The van der Waals surface area contributed by atoms with Crippen molar-refractivity contribution in [2.45, 2.75) is 43.8 Å². The van der Waals surface area contributed by atoms with Crippen LogP contribution in [0.2, 0.25) is 0 Å². The number of hydrogen-bond acceptors (Lipinski definition) is 7. The lowest BCUT2D eigenvalue weighted by atomic mass is 10.0. The van der Waals surface area contributed by atoms with Gasteiger partial charge in [-0.15, -0.1) is 0 Å². The summed E-state index contributed by atoms with van der Waals surface area (Å²) in [4.78, 5) is 57.5. The Morgan fingerprint density at radius 1 is 0.867 bits per heavy atom. The Hall–Kier alpha value is -3.67. The first kappa shape index (κ1) is 24.4. The Labute approximate surface area is 170 Å². The van der Waals surface area contributed by atoms with E-state index in [1.54, 1.807) is 0 Å². The average Bonchev–Trinajstić information content (AvgIpc) is 2.65. The molecule has 0 aliphatic carbocycles. The van der Waals surface area contributed by atoms with Crippen LogP contribution in [0.1, 0.15) is 24.8 Å². The van der Waals surface area contributed by atoms with Gasteiger partial charge < -0.3 is 36.8 Å². The van der Waals surface area contributed by atoms with Crippen molar-refractivity contribution in [1.82, 2.24) is 10.6 Å². The molecule has 0 aliphatic heterocycles. The summed E-state index contributed by atoms with van der Waals surface area (Å²) in [5.74, 6) is -6.01. The number of phenols is 1. The number of carboxylic acid groups (broad SMARTS) is 3. The molecule has 1 rings (SSSR count). The van der Waals surface area contributed by atoms with Gasteiger partial charge in [0.05, 0.1) is 12.5 Å². The molecule has 0 radical (unpaired) electrons. The summed E-state index contributed by atoms with van der Waals surface area (Å²) >= 11 is 0. The molecule has 0 bridgehead atoms. The van der Waals surface area contributed by atoms with Crippen LogP contribution in [0.4, 0.5) is 0 Å². The molecule has 0 fully saturated rings. The number of carbonyl (C=O) groups is 5. The fourth-order valence-electron chi connectivity index (χ4n) is 2.41. The van der Waals surface area contributed by atoms with Crippen LogP contribution in [0.15, 0.2) is 24.3 Å². The molecule has 0 aliphatic rings. The number of nitrogens with two attached hydrogens (primary N) is 1. The first-order valence-corrected chi connectivity index (χ1v) is 8.80. The minimum Gasteiger partial charge on any atom is -0.508 e. The second-order valence-electron chi connectivity index (χ2n) is 6.47. The van der Waals surface area contributed by atoms with Crippen LogP contribution < -0.4 is 16.4 Å². The van der Waals surface area contributed by atoms with Crippen molar-refractivity contribution in [3.05, 3.63) is 29.8 Å². The maximum Gasteiger partial charge on any atom is 0.326 e. The van der Waals surface area contributed by atoms with Crippen molar-refractivity contribution in [1.29, 1.82) is 0 Å². The van der Waals surface area contributed by atoms with Gasteiger partial charge in [-0.25, -0.2) is 4.79 Å². The molecule has 164 valence electrons. The van der Waals surface area contributed by atoms with Crippen molar-refractivity contribution in [2.24, 2.45) is 5.73 Å². The third-order valence-corrected chi connectivity index (χ3v) is 4.01. The largest absolute Gasteiger partial charge is 0.508 e. The van der Waals surface area contributed by atoms with Crippen molar-refractivity contribution in [2.75, 3.05) is 0 Å². The summed E-state index contributed by atoms with van der Waals surface area (Å²) in [6.45, 7) is 0. The number of carbonyl (C=O) groups excluding carboxylic acids is 2. The smallest absolute Gasteiger partial charge is 0.326 e. The normalized spacial score (nSPS) is 13.5. The number of aliphatic carboxylic acids is 3. The topological polar surface area (TPSA) is 216 Å². The molecule has 2 amide bonds. The predicted molar refractivity (Wildman–Crippen MR) is 100 cm³/mol. The summed E-state index contributed by atoms with van der Waals surface area (Å²) < 4.78 is 0. The zero-order valence-corrected chi connectivity index (χ0v) is 15.8. The Morgan fingerprint density at radius 2 is 1.43 bits per heavy atom. The zero-order chi connectivity index (χ0) is 22.8. The van der Waals surface area contributed by atoms with E-state index in [2.05, 4.69) is 10.6 Å². The van der Waals surface area contributed by atoms with Crippen molar-refractivity contribution in [3.8, 4) is 5.75 Å². The Kier molecular flexibility index (Phi) is 9.23. The van der Waals surface area contributed by atoms with E-state index in [0.717, 1.165) is 0 Å². The molecule has 8 N–H and O–H groups in total. The number of nitrogens with one attached hydrogen (secondary N) is 2. The molecule has 12 heteroatoms. The summed E-state index contributed by atoms with van der Waals surface area (Å²) in [5, 5.41) is 40.3. The van der Waals surface area contributed by atoms with E-state index in [9.17, 15) is 29.1 Å². The zero-order valence-electron chi connectivity index (χ0n) is 15.8. The van der Waals surface area contributed by atoms with Gasteiger partial charge in [-0.05, 0) is 24.1 Å². The minimum absolute atomic E-state index is 0.0353. The fraction of sp³-hybridized carbons (Fsp3) is 0.389. The molecule has 1 aromatic carbocycles. The maximum absolute atomic E-state index is 12.6. The van der Waals surface area contributed by atoms with E-state index in [4.69, 9.17) is 21.1 Å². The Bertz CT molecular complexity index is 795. The summed E-state index contributed by atoms with van der Waals surface area (Å²) in [5.41, 5.74) is 6.13. The molecule has 3 atom stereocenters. The predicted octanol–water partition coefficient (Wildman–Crippen LogP) is -1.34. The van der Waals surface area contributed by atoms with Crippen LogP contribution >= 0.6 is 0 Å². The number of carboxylic acids is 3. The first-order valence-electron chi connectivity index (χ1n) is 8.80. The van der Waals surface area contributed by atoms with Gasteiger partial charge in [-0.3, -0.25) is 19.2 Å². The lowest BCUT2D eigenvalue weighted by molar-refractivity contribution is -0.147. The third-order valence-electron chi connectivity index (χ3n) is 4.01. The van der Waals surface area contributed by atoms with Crippen LogP contribution in [0, 0.1) is 0 Å². The van der Waals surface area contributed by atoms with E-state index in [0.29, 0.717) is 5.56 Å². The highest BCUT2D eigenvalue weighted by Gasteiger charge is 2.29. The number of amides is 2. The lowest BCUT2D eigenvalue weighted by Gasteiger charge is -2.22. The van der Waals surface area contributed by atoms with Gasteiger partial charge in [0.1, 0.15) is 17.8 Å². The van der Waals surface area contributed by atoms with Crippen LogP contribution in [-0.2, 0) is 30.4 Å². The summed E-state index contributed by atoms with van der Waals surface area (Å²) in [6, 6.07) is 1.34. The fourth-order valence-corrected chi connectivity index (χ4v) is 2.41. The molecule has 1 aromatic rings. The monoisotopic (exact) mass is 425 g/mol. The number of aromatic hydroxyl groups is 1. The summed E-state index contributed by atoms with van der Waals surface area (Å²) in [6.07, 6.45) is -1.56. The van der Waals surface area contributed by atoms with Crippen molar-refractivity contribution in [3.63, 3.8) is 0 Å². The molecule has 0 spiro atoms. The molecular formula is C18H23N3O9. The number of hydrogen-bond donors (Lipinski definition) is 7. The summed E-state index contributed by atoms with van der Waals surface area (Å²) in [7, 11) is 0. The molecular weight excluding hydrogens is 402 g/mol. The van der Waals surface area contributed by atoms with Crippen molar-refractivity contribution < 1.29 is 44.4 Å². The molecule has 0 aromatic heterocycles. The van der Waals surface area contributed by atoms with Gasteiger partial charge in [0, 0.05) is 12.8 Å². The number of benzene rings is 1. The van der Waals surface area contributed by atoms with Crippen molar-refractivity contribution >= 4 is 29.7 Å². The molecule has 30 heavy (non-hydrogen) atoms. The molecule has 0 saturated carbocycles. The second kappa shape index (κ2) is 11.4. The van der Waals surface area contributed by atoms with Gasteiger partial charge in [-0.1, -0.05) is 12.1 Å². The Morgan fingerprint density at radius 3 is 1.93 bits per heavy atom. The third kappa shape index (κ3) is 8.56. The molecule has 0 unspecified atom stereocenters. The standard InChI is InChI=1S/C18H23N3O9/c19-11(5-6-14(23)24)16(27)20-12(7-9-1-3-10(22)4-2-9)17(28)21-13(18(29)30)8-15(25)26/h1-4,11-13,22H,5-8,19H2,(H,20,27)(H,21,28)(H,23,24)(H,25,26)(H,29,30)/t11-,12-,13-/m0/s1. The van der Waals surface area contributed by atoms with Gasteiger partial charge in [0.2, 0.25) is 11.8 Å². The lowest BCUT2D eigenvalue weighted by Crippen LogP contribution is -2.55. The van der Waals surface area contributed by atoms with E-state index in [1.807, 2.05) is 0 Å². The van der Waals surface area contributed by atoms with E-state index < -0.39 is 54.3 Å². The number of phenolic OH excluding ortho intramolecular Hbond substituents is 1. The van der Waals surface area contributed by atoms with Crippen LogP contribution in [0.5, 0.6) is 5.75 Å². The minimum atomic E-state index is -1.73. The first-order chi connectivity index (χ1) is 14.0. The van der Waals surface area contributed by atoms with Gasteiger partial charge in [0.15, 0.2) is 0 Å². The van der Waals surface area contributed by atoms with Crippen LogP contribution in [-0.4, -0.2) is 68.3 Å². The quantitative estimate of drug-likeness (QED) is 0.209. The van der Waals surface area contributed by atoms with Gasteiger partial charge in [0.25, 0.3) is 0 Å². The van der Waals surface area contributed by atoms with Crippen LogP contribution in [0.25, 0.3) is 0 Å². The van der Waals surface area contributed by atoms with E-state index >= 15 is 0 Å². The van der Waals surface area contributed by atoms with E-state index in [-0.39, 0.29) is 25.0 Å². The highest BCUT2D eigenvalue weighted by molar-refractivity contribution is 5.93. The molecule has 0 heterocycles. The van der Waals surface area contributed by atoms with Gasteiger partial charge >= 0.3 is 17.9 Å².